The quantitative estimate of drug-likeness (QED) is 0.0249. The maximum atomic E-state index is 11.5. The zero-order chi connectivity index (χ0) is 131. The van der Waals surface area contributed by atoms with Crippen molar-refractivity contribution in [3.63, 3.8) is 0 Å². The van der Waals surface area contributed by atoms with Crippen molar-refractivity contribution in [3.8, 4) is 34.5 Å². The van der Waals surface area contributed by atoms with Gasteiger partial charge >= 0.3 is 0 Å². The second-order valence-corrected chi connectivity index (χ2v) is 32.1. The molecule has 6 saturated carbocycles. The zero-order valence-corrected chi connectivity index (χ0v) is 72.0. The monoisotopic (exact) mass is 1710 g/mol. The van der Waals surface area contributed by atoms with Crippen LogP contribution in [0.2, 0.25) is 0 Å². The summed E-state index contributed by atoms with van der Waals surface area (Å²) in [5, 5.41) is 68.4. The molecule has 18 heteroatoms. The first kappa shape index (κ1) is 50.1. The number of ether oxygens (including phenoxy) is 6. The molecule has 6 aliphatic rings. The van der Waals surface area contributed by atoms with E-state index in [-0.39, 0.29) is 168 Å². The van der Waals surface area contributed by atoms with Crippen LogP contribution in [-0.2, 0) is 0 Å². The third-order valence-electron chi connectivity index (χ3n) is 22.6. The van der Waals surface area contributed by atoms with Crippen molar-refractivity contribution in [1.82, 2.24) is 29.4 Å². The highest BCUT2D eigenvalue weighted by molar-refractivity contribution is 5.37. The van der Waals surface area contributed by atoms with E-state index in [1.165, 1.54) is 47.5 Å². The molecule has 6 atom stereocenters. The summed E-state index contributed by atoms with van der Waals surface area (Å²) in [7, 11) is 16.3. The van der Waals surface area contributed by atoms with Crippen LogP contribution in [0.1, 0.15) is 330 Å². The Hall–Kier alpha value is -6.36. The van der Waals surface area contributed by atoms with Gasteiger partial charge in [0.25, 0.3) is 0 Å². The van der Waals surface area contributed by atoms with E-state index in [2.05, 4.69) is 0 Å². The summed E-state index contributed by atoms with van der Waals surface area (Å²) < 4.78 is 436. The van der Waals surface area contributed by atoms with E-state index < -0.39 is 251 Å². The smallest absolute Gasteiger partial charge is 0.118 e. The first-order valence-electron chi connectivity index (χ1n) is 66.2. The number of aliphatic hydroxyl groups is 6. The Morgan fingerprint density at radius 3 is 0.683 bits per heavy atom. The predicted molar refractivity (Wildman–Crippen MR) is 494 cm³/mol. The topological polar surface area (TPSA) is 196 Å². The van der Waals surface area contributed by atoms with E-state index in [0.29, 0.717) is 93.3 Å². The number of hydrogen-bond donors (Lipinski definition) is 6. The Balaban J connectivity index is 0.000000274. The van der Waals surface area contributed by atoms with Crippen molar-refractivity contribution in [2.75, 3.05) is 166 Å². The average Bonchev–Trinajstić information content (AvgIpc) is 0.712. The van der Waals surface area contributed by atoms with Gasteiger partial charge in [-0.3, -0.25) is 0 Å². The summed E-state index contributed by atoms with van der Waals surface area (Å²) in [6.45, 7) is -27.4. The van der Waals surface area contributed by atoms with Gasteiger partial charge in [-0.05, 0) is 267 Å². The van der Waals surface area contributed by atoms with Crippen LogP contribution in [0.15, 0.2) is 145 Å². The molecule has 0 aliphatic heterocycles. The molecular formula is C102H162N6O12. The molecule has 6 N–H and O–H groups in total. The van der Waals surface area contributed by atoms with Gasteiger partial charge in [0.2, 0.25) is 0 Å². The van der Waals surface area contributed by atoms with E-state index in [9.17, 15) is 32.0 Å². The van der Waals surface area contributed by atoms with E-state index in [0.717, 1.165) is 76.8 Å². The molecule has 0 heterocycles. The Bertz CT molecular complexity index is 6160. The standard InChI is InChI=1S/6C17H27NO2/c6*1-18(2)13-16(17(19)11-5-4-6-12-17)14-7-9-15(20-3)10-8-14/h6*7-10,16,19H,4-6,11-13H2,1-3H3/i1D3,2D3,7D,8D,9D,10D,13D2;1D3,7D,8D,9D,10D,16D;1D3,7D,8D,9D,10D,13D2;1D3,2D3,7D,8D,9D,10D;7D,8D,9D,10D,16D;7D,8D,9D,10D,13D2. The molecule has 0 radical (unpaired) electrons. The van der Waals surface area contributed by atoms with Crippen LogP contribution in [0.5, 0.6) is 34.5 Å². The van der Waals surface area contributed by atoms with E-state index >= 15 is 0 Å². The van der Waals surface area contributed by atoms with Gasteiger partial charge in [0.1, 0.15) is 34.5 Å². The van der Waals surface area contributed by atoms with Crippen LogP contribution in [-0.4, -0.2) is 260 Å². The summed E-state index contributed by atoms with van der Waals surface area (Å²) in [5.41, 5.74) is -11.4. The second kappa shape index (κ2) is 50.0. The fourth-order valence-electron chi connectivity index (χ4n) is 16.2. The SMILES string of the molecule is [2H]c1c([2H])c(C(C2(O)CCCCC2)C([2H])([2H])N(C([2H])([2H])[2H])C([2H])([2H])[2H])c([2H])c([2H])c1OC.[2H]c1c([2H])c(C(C2(O)CCCCC2)C([2H])([2H])N(C)C([2H])([2H])[2H])c([2H])c([2H])c1OC.[2H]c1c([2H])c(C(C2(O)CCCCC2)C([2H])([2H])N(C)C)c([2H])c([2H])c1OC.[2H]c1c([2H])c(C(CN(C([2H])([2H])[2H])C([2H])([2H])[2H])C2(O)CCCCC2)c([2H])c([2H])c1OC.[2H]c1c([2H])c(C([2H])(CN(C)C([2H])([2H])[2H])C2(O)CCCCC2)c([2H])c([2H])c1OC.[2H]c1c([2H])c(C([2H])(CN(C)C)C2(O)CCCCC2)c([2H])c([2H])c1OC. The van der Waals surface area contributed by atoms with Gasteiger partial charge in [0.05, 0.1) is 109 Å². The third kappa shape index (κ3) is 31.1. The van der Waals surface area contributed by atoms with Crippen LogP contribution in [0.4, 0.5) is 0 Å². The summed E-state index contributed by atoms with van der Waals surface area (Å²) in [5.74, 6) is -11.3. The molecule has 0 bridgehead atoms. The van der Waals surface area contributed by atoms with E-state index in [1.807, 2.05) is 0 Å². The first-order chi connectivity index (χ1) is 77.6. The van der Waals surface area contributed by atoms with Crippen LogP contribution < -0.4 is 28.4 Å². The van der Waals surface area contributed by atoms with Gasteiger partial charge in [-0.1, -0.05) is 188 Å². The first-order valence-corrected chi connectivity index (χ1v) is 41.2. The predicted octanol–water partition coefficient (Wildman–Crippen LogP) is 18.2. The normalized spacial score (nSPS) is 27.4. The number of methoxy groups -OCH3 is 6. The zero-order valence-electron chi connectivity index (χ0n) is 122. The van der Waals surface area contributed by atoms with Gasteiger partial charge in [-0.2, -0.15) is 0 Å². The van der Waals surface area contributed by atoms with E-state index in [1.54, 1.807) is 33.1 Å². The van der Waals surface area contributed by atoms with Crippen molar-refractivity contribution in [1.29, 1.82) is 0 Å². The molecule has 6 aliphatic carbocycles. The number of nitrogens with zero attached hydrogens (tertiary/aromatic N) is 6. The molecule has 0 saturated heterocycles. The highest BCUT2D eigenvalue weighted by Crippen LogP contribution is 2.47. The molecule has 18 nitrogen and oxygen atoms in total. The summed E-state index contributed by atoms with van der Waals surface area (Å²) in [6.07, 6.45) is 15.4. The Kier molecular flexibility index (Phi) is 20.9. The Labute approximate surface area is 796 Å². The van der Waals surface area contributed by atoms with Gasteiger partial charge in [-0.15, -0.1) is 0 Å². The van der Waals surface area contributed by atoms with Gasteiger partial charge in [0.15, 0.2) is 0 Å². The number of likely N-dealkylation sites (N-methyl/N-ethyl adjacent to an activating group) is 6. The lowest BCUT2D eigenvalue weighted by molar-refractivity contribution is -0.0280. The number of rotatable bonds is 30. The van der Waals surface area contributed by atoms with Crippen molar-refractivity contribution in [2.45, 2.75) is 262 Å². The molecule has 6 aromatic rings. The average molecular weight is 1710 g/mol. The lowest BCUT2D eigenvalue weighted by Crippen LogP contribution is -2.42. The van der Waals surface area contributed by atoms with Crippen LogP contribution >= 0.6 is 0 Å². The van der Waals surface area contributed by atoms with Gasteiger partial charge in [-0.25, -0.2) is 0 Å². The molecule has 672 valence electrons. The third-order valence-corrected chi connectivity index (χ3v) is 22.6. The Morgan fingerprint density at radius 1 is 0.258 bits per heavy atom. The lowest BCUT2D eigenvalue weighted by atomic mass is 9.72. The molecule has 6 fully saturated rings. The lowest BCUT2D eigenvalue weighted by Gasteiger charge is -2.40. The number of hydrogen-bond acceptors (Lipinski definition) is 18. The molecule has 0 amide bonds. The summed E-state index contributed by atoms with van der Waals surface area (Å²) >= 11 is 0. The molecule has 12 rings (SSSR count). The molecular weight excluding hydrogens is 1500 g/mol. The highest BCUT2D eigenvalue weighted by atomic mass is 16.5. The molecule has 0 aromatic heterocycles. The fraction of sp³-hybridized carbons (Fsp3) is 0.647. The molecule has 120 heavy (non-hydrogen) atoms. The summed E-state index contributed by atoms with van der Waals surface area (Å²) in [6, 6.07) is -11.3. The van der Waals surface area contributed by atoms with Crippen LogP contribution in [0, 0.1) is 0 Å². The van der Waals surface area contributed by atoms with Crippen LogP contribution in [0.3, 0.4) is 0 Å². The van der Waals surface area contributed by atoms with Crippen molar-refractivity contribution in [3.05, 3.63) is 178 Å². The Morgan fingerprint density at radius 2 is 0.458 bits per heavy atom. The molecule has 6 aromatic carbocycles. The fourth-order valence-corrected chi connectivity index (χ4v) is 16.2. The van der Waals surface area contributed by atoms with Gasteiger partial charge in [0, 0.05) is 110 Å². The maximum Gasteiger partial charge on any atom is 0.118 e. The van der Waals surface area contributed by atoms with Crippen molar-refractivity contribution >= 4 is 0 Å². The van der Waals surface area contributed by atoms with Gasteiger partial charge < -0.3 is 88.5 Å². The minimum atomic E-state index is -3.46. The van der Waals surface area contributed by atoms with Crippen molar-refractivity contribution in [2.24, 2.45) is 0 Å². The van der Waals surface area contributed by atoms with Crippen LogP contribution in [0.25, 0.3) is 0 Å². The second-order valence-electron chi connectivity index (χ2n) is 32.1. The van der Waals surface area contributed by atoms with E-state index in [4.69, 9.17) is 95.6 Å². The minimum Gasteiger partial charge on any atom is -0.497 e. The highest BCUT2D eigenvalue weighted by Gasteiger charge is 2.45. The largest absolute Gasteiger partial charge is 0.497 e. The molecule has 0 spiro atoms. The number of benzene rings is 6. The summed E-state index contributed by atoms with van der Waals surface area (Å²) in [4.78, 5) is 4.50. The minimum absolute atomic E-state index is 0.0292. The maximum absolute atomic E-state index is 11.5. The van der Waals surface area contributed by atoms with Crippen molar-refractivity contribution < 1.29 is 128 Å². The molecule has 6 unspecified atom stereocenters.